The highest BCUT2D eigenvalue weighted by Crippen LogP contribution is 2.38. The smallest absolute Gasteiger partial charge is 0.306 e. The Hall–Kier alpha value is -3.88. The SMILES string of the molecule is CCCCCCCCCC(=O)OC[C@@H](O)COC(=O)CCCCCCCCCCCNc1c([N+](=O)[O-])cc([N+](=O)[O-])cc1[N+](=O)[O-]. The molecule has 0 aliphatic heterocycles. The van der Waals surface area contributed by atoms with Gasteiger partial charge in [0.25, 0.3) is 5.69 Å². The Balaban J connectivity index is 2.07. The van der Waals surface area contributed by atoms with Crippen LogP contribution in [0.1, 0.15) is 122 Å². The van der Waals surface area contributed by atoms with Crippen molar-refractivity contribution in [1.29, 1.82) is 0 Å². The average molecular weight is 655 g/mol. The van der Waals surface area contributed by atoms with E-state index >= 15 is 0 Å². The highest BCUT2D eigenvalue weighted by atomic mass is 16.6. The third-order valence-electron chi connectivity index (χ3n) is 7.40. The molecule has 0 heterocycles. The van der Waals surface area contributed by atoms with Gasteiger partial charge in [0.2, 0.25) is 0 Å². The van der Waals surface area contributed by atoms with E-state index in [9.17, 15) is 45.0 Å². The molecule has 0 fully saturated rings. The van der Waals surface area contributed by atoms with Crippen molar-refractivity contribution in [3.05, 3.63) is 42.5 Å². The van der Waals surface area contributed by atoms with Crippen molar-refractivity contribution >= 4 is 34.7 Å². The summed E-state index contributed by atoms with van der Waals surface area (Å²) in [5.74, 6) is -0.747. The van der Waals surface area contributed by atoms with Crippen LogP contribution in [0.25, 0.3) is 0 Å². The molecule has 0 aromatic heterocycles. The maximum atomic E-state index is 11.9. The molecule has 0 unspecified atom stereocenters. The molecular weight excluding hydrogens is 604 g/mol. The summed E-state index contributed by atoms with van der Waals surface area (Å²) in [5, 5.41) is 46.3. The van der Waals surface area contributed by atoms with Crippen molar-refractivity contribution in [3.8, 4) is 0 Å². The molecule has 15 heteroatoms. The number of hydrogen-bond donors (Lipinski definition) is 2. The van der Waals surface area contributed by atoms with Gasteiger partial charge in [-0.2, -0.15) is 0 Å². The van der Waals surface area contributed by atoms with Gasteiger partial charge < -0.3 is 19.9 Å². The van der Waals surface area contributed by atoms with Gasteiger partial charge in [-0.15, -0.1) is 0 Å². The number of carbonyl (C=O) groups excluding carboxylic acids is 2. The standard InChI is InChI=1S/C31H50N4O11/c1-2-3-4-5-9-12-15-18-29(37)45-23-26(36)24-46-30(38)19-16-13-10-7-6-8-11-14-17-20-32-31-27(34(41)42)21-25(33(39)40)22-28(31)35(43)44/h21-22,26,32,36H,2-20,23-24H2,1H3/t26-/m1/s1. The van der Waals surface area contributed by atoms with Gasteiger partial charge in [0.1, 0.15) is 19.3 Å². The van der Waals surface area contributed by atoms with E-state index in [4.69, 9.17) is 9.47 Å². The van der Waals surface area contributed by atoms with Crippen LogP contribution in [-0.4, -0.2) is 57.7 Å². The van der Waals surface area contributed by atoms with Gasteiger partial charge >= 0.3 is 23.3 Å². The van der Waals surface area contributed by atoms with E-state index in [0.717, 1.165) is 64.2 Å². The number of nitrogens with zero attached hydrogens (tertiary/aromatic N) is 3. The first-order valence-electron chi connectivity index (χ1n) is 16.4. The first kappa shape index (κ1) is 40.1. The molecule has 0 saturated carbocycles. The summed E-state index contributed by atoms with van der Waals surface area (Å²) in [5.41, 5.74) is -2.48. The number of non-ortho nitro benzene ring substituents is 1. The molecule has 1 aromatic rings. The quantitative estimate of drug-likeness (QED) is 0.0393. The predicted molar refractivity (Wildman–Crippen MR) is 172 cm³/mol. The third kappa shape index (κ3) is 18.2. The van der Waals surface area contributed by atoms with E-state index in [1.54, 1.807) is 0 Å². The fraction of sp³-hybridized carbons (Fsp3) is 0.742. The summed E-state index contributed by atoms with van der Waals surface area (Å²) in [7, 11) is 0. The van der Waals surface area contributed by atoms with E-state index in [1.807, 2.05) is 0 Å². The van der Waals surface area contributed by atoms with Crippen LogP contribution in [-0.2, 0) is 19.1 Å². The number of hydrogen-bond acceptors (Lipinski definition) is 12. The number of rotatable bonds is 28. The van der Waals surface area contributed by atoms with Crippen LogP contribution < -0.4 is 5.32 Å². The van der Waals surface area contributed by atoms with Crippen LogP contribution in [0.5, 0.6) is 0 Å². The molecule has 15 nitrogen and oxygen atoms in total. The van der Waals surface area contributed by atoms with Crippen molar-refractivity contribution in [2.45, 2.75) is 129 Å². The molecule has 0 bridgehead atoms. The van der Waals surface area contributed by atoms with Gasteiger partial charge in [-0.3, -0.25) is 39.9 Å². The van der Waals surface area contributed by atoms with Crippen LogP contribution in [0.15, 0.2) is 12.1 Å². The fourth-order valence-electron chi connectivity index (χ4n) is 4.81. The first-order valence-corrected chi connectivity index (χ1v) is 16.4. The molecule has 0 radical (unpaired) electrons. The number of nitro benzene ring substituents is 3. The van der Waals surface area contributed by atoms with Crippen molar-refractivity contribution in [2.24, 2.45) is 0 Å². The Morgan fingerprint density at radius 1 is 0.674 bits per heavy atom. The monoisotopic (exact) mass is 654 g/mol. The number of ether oxygens (including phenoxy) is 2. The Labute approximate surface area is 269 Å². The lowest BCUT2D eigenvalue weighted by atomic mass is 10.1. The highest BCUT2D eigenvalue weighted by Gasteiger charge is 2.30. The molecule has 0 amide bonds. The molecule has 0 spiro atoms. The maximum absolute atomic E-state index is 11.9. The number of aliphatic hydroxyl groups is 1. The lowest BCUT2D eigenvalue weighted by molar-refractivity contribution is -0.401. The molecular formula is C31H50N4O11. The van der Waals surface area contributed by atoms with E-state index in [1.165, 1.54) is 25.7 Å². The topological polar surface area (TPSA) is 214 Å². The molecule has 1 aromatic carbocycles. The number of carbonyl (C=O) groups is 2. The summed E-state index contributed by atoms with van der Waals surface area (Å²) < 4.78 is 10.1. The molecule has 0 aliphatic carbocycles. The van der Waals surface area contributed by atoms with Gasteiger partial charge in [-0.05, 0) is 19.3 Å². The van der Waals surface area contributed by atoms with E-state index in [0.29, 0.717) is 31.4 Å². The minimum atomic E-state index is -1.04. The molecule has 0 aliphatic rings. The second-order valence-electron chi connectivity index (χ2n) is 11.4. The Morgan fingerprint density at radius 2 is 1.07 bits per heavy atom. The van der Waals surface area contributed by atoms with Crippen LogP contribution in [0.4, 0.5) is 22.7 Å². The Bertz CT molecular complexity index is 1070. The number of esters is 2. The number of aliphatic hydroxyl groups excluding tert-OH is 1. The maximum Gasteiger partial charge on any atom is 0.306 e. The van der Waals surface area contributed by atoms with Gasteiger partial charge in [0.15, 0.2) is 5.69 Å². The Kier molecular flexibility index (Phi) is 21.3. The molecule has 1 atom stereocenters. The van der Waals surface area contributed by atoms with Gasteiger partial charge in [0.05, 0.1) is 26.9 Å². The predicted octanol–water partition coefficient (Wildman–Crippen LogP) is 7.31. The second kappa shape index (κ2) is 24.4. The summed E-state index contributed by atoms with van der Waals surface area (Å²) in [6, 6.07) is 1.42. The second-order valence-corrected chi connectivity index (χ2v) is 11.4. The van der Waals surface area contributed by atoms with Crippen LogP contribution >= 0.6 is 0 Å². The molecule has 46 heavy (non-hydrogen) atoms. The van der Waals surface area contributed by atoms with Crippen molar-refractivity contribution in [3.63, 3.8) is 0 Å². The minimum Gasteiger partial charge on any atom is -0.463 e. The molecule has 0 saturated heterocycles. The van der Waals surface area contributed by atoms with Gasteiger partial charge in [-0.25, -0.2) is 0 Å². The van der Waals surface area contributed by atoms with Gasteiger partial charge in [-0.1, -0.05) is 90.4 Å². The zero-order valence-electron chi connectivity index (χ0n) is 27.0. The summed E-state index contributed by atoms with van der Waals surface area (Å²) >= 11 is 0. The van der Waals surface area contributed by atoms with E-state index in [2.05, 4.69) is 12.2 Å². The fourth-order valence-corrected chi connectivity index (χ4v) is 4.81. The lowest BCUT2D eigenvalue weighted by Crippen LogP contribution is -2.25. The number of anilines is 1. The molecule has 260 valence electrons. The summed E-state index contributed by atoms with van der Waals surface area (Å²) in [6.45, 7) is 2.02. The normalized spacial score (nSPS) is 11.5. The average Bonchev–Trinajstić information content (AvgIpc) is 3.02. The zero-order valence-corrected chi connectivity index (χ0v) is 27.0. The Morgan fingerprint density at radius 3 is 1.46 bits per heavy atom. The van der Waals surface area contributed by atoms with Crippen molar-refractivity contribution < 1.29 is 38.9 Å². The van der Waals surface area contributed by atoms with Crippen LogP contribution in [0.2, 0.25) is 0 Å². The minimum absolute atomic E-state index is 0.191. The number of unbranched alkanes of at least 4 members (excludes halogenated alkanes) is 14. The largest absolute Gasteiger partial charge is 0.463 e. The highest BCUT2D eigenvalue weighted by molar-refractivity contribution is 5.77. The van der Waals surface area contributed by atoms with Crippen molar-refractivity contribution in [1.82, 2.24) is 0 Å². The third-order valence-corrected chi connectivity index (χ3v) is 7.40. The number of nitro groups is 3. The van der Waals surface area contributed by atoms with Gasteiger partial charge in [0, 0.05) is 19.4 Å². The molecule has 2 N–H and O–H groups in total. The zero-order chi connectivity index (χ0) is 34.2. The molecule has 1 rings (SSSR count). The summed E-state index contributed by atoms with van der Waals surface area (Å²) in [4.78, 5) is 54.7. The number of nitrogens with one attached hydrogen (secondary N) is 1. The number of benzene rings is 1. The van der Waals surface area contributed by atoms with E-state index < -0.39 is 43.9 Å². The van der Waals surface area contributed by atoms with Crippen LogP contribution in [0.3, 0.4) is 0 Å². The lowest BCUT2D eigenvalue weighted by Gasteiger charge is -2.12. The van der Waals surface area contributed by atoms with E-state index in [-0.39, 0.29) is 37.8 Å². The van der Waals surface area contributed by atoms with Crippen LogP contribution in [0, 0.1) is 30.3 Å². The first-order chi connectivity index (χ1) is 22.1. The van der Waals surface area contributed by atoms with Crippen molar-refractivity contribution in [2.75, 3.05) is 25.1 Å². The summed E-state index contributed by atoms with van der Waals surface area (Å²) in [6.07, 6.45) is 15.1.